The van der Waals surface area contributed by atoms with E-state index in [0.29, 0.717) is 12.0 Å². The van der Waals surface area contributed by atoms with E-state index in [-0.39, 0.29) is 0 Å². The molecule has 0 amide bonds. The number of carbonyl (C=O) groups is 1. The summed E-state index contributed by atoms with van der Waals surface area (Å²) in [4.78, 5) is 10.5. The Morgan fingerprint density at radius 2 is 2.31 bits per heavy atom. The van der Waals surface area contributed by atoms with Gasteiger partial charge in [-0.3, -0.25) is 4.79 Å². The predicted octanol–water partition coefficient (Wildman–Crippen LogP) is 2.63. The summed E-state index contributed by atoms with van der Waals surface area (Å²) >= 11 is 0. The van der Waals surface area contributed by atoms with Crippen molar-refractivity contribution in [3.8, 4) is 0 Å². The van der Waals surface area contributed by atoms with Gasteiger partial charge in [-0.15, -0.1) is 0 Å². The highest BCUT2D eigenvalue weighted by molar-refractivity contribution is 5.75. The minimum Gasteiger partial charge on any atom is -0.298 e. The van der Waals surface area contributed by atoms with E-state index in [1.165, 1.54) is 0 Å². The molecule has 0 heterocycles. The van der Waals surface area contributed by atoms with Gasteiger partial charge in [0.15, 0.2) is 0 Å². The van der Waals surface area contributed by atoms with Crippen molar-refractivity contribution in [3.05, 3.63) is 34.9 Å². The molecular weight excluding hydrogens is 167 g/mol. The van der Waals surface area contributed by atoms with Crippen molar-refractivity contribution in [2.45, 2.75) is 25.4 Å². The van der Waals surface area contributed by atoms with E-state index in [4.69, 9.17) is 0 Å². The van der Waals surface area contributed by atoms with E-state index in [1.807, 2.05) is 0 Å². The van der Waals surface area contributed by atoms with Gasteiger partial charge in [0.05, 0.1) is 0 Å². The smallest absolute Gasteiger partial charge is 0.150 e. The summed E-state index contributed by atoms with van der Waals surface area (Å²) in [7, 11) is 0. The van der Waals surface area contributed by atoms with Crippen LogP contribution in [0.5, 0.6) is 0 Å². The van der Waals surface area contributed by atoms with Gasteiger partial charge in [-0.25, -0.2) is 4.39 Å². The predicted molar refractivity (Wildman–Crippen MR) is 48.6 cm³/mol. The SMILES string of the molecule is CC1(F)CCc2cc(C=O)ccc21. The first-order chi connectivity index (χ1) is 6.13. The monoisotopic (exact) mass is 178 g/mol. The van der Waals surface area contributed by atoms with Crippen molar-refractivity contribution < 1.29 is 9.18 Å². The molecule has 1 atom stereocenters. The average molecular weight is 178 g/mol. The van der Waals surface area contributed by atoms with Crippen LogP contribution >= 0.6 is 0 Å². The maximum Gasteiger partial charge on any atom is 0.150 e. The Bertz CT molecular complexity index is 355. The first-order valence-corrected chi connectivity index (χ1v) is 4.41. The van der Waals surface area contributed by atoms with E-state index >= 15 is 0 Å². The van der Waals surface area contributed by atoms with Crippen LogP contribution in [0.4, 0.5) is 4.39 Å². The van der Waals surface area contributed by atoms with Crippen LogP contribution in [0, 0.1) is 0 Å². The fraction of sp³-hybridized carbons (Fsp3) is 0.364. The molecule has 13 heavy (non-hydrogen) atoms. The van der Waals surface area contributed by atoms with E-state index in [0.717, 1.165) is 23.8 Å². The topological polar surface area (TPSA) is 17.1 Å². The normalized spacial score (nSPS) is 25.7. The van der Waals surface area contributed by atoms with E-state index in [2.05, 4.69) is 0 Å². The van der Waals surface area contributed by atoms with Gasteiger partial charge < -0.3 is 0 Å². The number of halogens is 1. The first kappa shape index (κ1) is 8.42. The Labute approximate surface area is 76.6 Å². The molecule has 68 valence electrons. The Morgan fingerprint density at radius 1 is 1.54 bits per heavy atom. The summed E-state index contributed by atoms with van der Waals surface area (Å²) in [6.45, 7) is 1.60. The molecule has 0 aliphatic heterocycles. The van der Waals surface area contributed by atoms with Crippen molar-refractivity contribution in [1.29, 1.82) is 0 Å². The number of carbonyl (C=O) groups excluding carboxylic acids is 1. The third-order valence-electron chi connectivity index (χ3n) is 2.69. The highest BCUT2D eigenvalue weighted by atomic mass is 19.1. The third kappa shape index (κ3) is 1.26. The molecule has 1 aromatic carbocycles. The minimum absolute atomic E-state index is 0.532. The van der Waals surface area contributed by atoms with E-state index in [9.17, 15) is 9.18 Å². The quantitative estimate of drug-likeness (QED) is 0.604. The number of aryl methyl sites for hydroxylation is 1. The molecule has 0 saturated carbocycles. The number of aldehydes is 1. The molecule has 0 saturated heterocycles. The maximum absolute atomic E-state index is 13.8. The Balaban J connectivity index is 2.52. The summed E-state index contributed by atoms with van der Waals surface area (Å²) in [5.74, 6) is 0. The number of hydrogen-bond acceptors (Lipinski definition) is 1. The van der Waals surface area contributed by atoms with Crippen molar-refractivity contribution in [1.82, 2.24) is 0 Å². The number of rotatable bonds is 1. The molecule has 0 aromatic heterocycles. The van der Waals surface area contributed by atoms with Crippen LogP contribution in [0.2, 0.25) is 0 Å². The lowest BCUT2D eigenvalue weighted by atomic mass is 9.99. The second-order valence-electron chi connectivity index (χ2n) is 3.73. The molecule has 1 aliphatic rings. The van der Waals surface area contributed by atoms with Crippen LogP contribution in [0.3, 0.4) is 0 Å². The van der Waals surface area contributed by atoms with Crippen molar-refractivity contribution in [2.75, 3.05) is 0 Å². The fourth-order valence-electron chi connectivity index (χ4n) is 1.91. The molecule has 0 N–H and O–H groups in total. The van der Waals surface area contributed by atoms with Crippen molar-refractivity contribution >= 4 is 6.29 Å². The summed E-state index contributed by atoms with van der Waals surface area (Å²) in [6.07, 6.45) is 2.07. The molecule has 1 nitrogen and oxygen atoms in total. The zero-order chi connectivity index (χ0) is 9.47. The summed E-state index contributed by atoms with van der Waals surface area (Å²) in [5.41, 5.74) is 1.17. The molecule has 1 aromatic rings. The molecule has 0 bridgehead atoms. The molecule has 1 unspecified atom stereocenters. The van der Waals surface area contributed by atoms with E-state index in [1.54, 1.807) is 25.1 Å². The van der Waals surface area contributed by atoms with E-state index < -0.39 is 5.67 Å². The van der Waals surface area contributed by atoms with Crippen LogP contribution in [-0.4, -0.2) is 6.29 Å². The van der Waals surface area contributed by atoms with Crippen LogP contribution in [-0.2, 0) is 12.1 Å². The standard InChI is InChI=1S/C11H11FO/c1-11(12)5-4-9-6-8(7-13)2-3-10(9)11/h2-3,6-7H,4-5H2,1H3. The summed E-state index contributed by atoms with van der Waals surface area (Å²) in [6, 6.07) is 5.19. The zero-order valence-electron chi connectivity index (χ0n) is 7.51. The van der Waals surface area contributed by atoms with Gasteiger partial charge >= 0.3 is 0 Å². The molecule has 2 rings (SSSR count). The number of benzene rings is 1. The van der Waals surface area contributed by atoms with Crippen LogP contribution < -0.4 is 0 Å². The number of hydrogen-bond donors (Lipinski definition) is 0. The Morgan fingerprint density at radius 3 is 3.00 bits per heavy atom. The van der Waals surface area contributed by atoms with Gasteiger partial charge in [0.2, 0.25) is 0 Å². The molecule has 0 spiro atoms. The maximum atomic E-state index is 13.8. The molecule has 0 radical (unpaired) electrons. The lowest BCUT2D eigenvalue weighted by molar-refractivity contribution is 0.112. The second-order valence-corrected chi connectivity index (χ2v) is 3.73. The first-order valence-electron chi connectivity index (χ1n) is 4.41. The van der Waals surface area contributed by atoms with Crippen LogP contribution in [0.25, 0.3) is 0 Å². The molecule has 1 aliphatic carbocycles. The minimum atomic E-state index is -1.20. The highest BCUT2D eigenvalue weighted by Gasteiger charge is 2.33. The number of fused-ring (bicyclic) bond motifs is 1. The largest absolute Gasteiger partial charge is 0.298 e. The third-order valence-corrected chi connectivity index (χ3v) is 2.69. The molecular formula is C11H11FO. The lowest BCUT2D eigenvalue weighted by Crippen LogP contribution is -2.09. The van der Waals surface area contributed by atoms with Gasteiger partial charge in [-0.2, -0.15) is 0 Å². The van der Waals surface area contributed by atoms with Crippen LogP contribution in [0.1, 0.15) is 34.8 Å². The van der Waals surface area contributed by atoms with Gasteiger partial charge in [-0.1, -0.05) is 12.1 Å². The molecule has 0 fully saturated rings. The summed E-state index contributed by atoms with van der Waals surface area (Å²) in [5, 5.41) is 0. The van der Waals surface area contributed by atoms with Gasteiger partial charge in [-0.05, 0) is 37.0 Å². The van der Waals surface area contributed by atoms with Crippen molar-refractivity contribution in [3.63, 3.8) is 0 Å². The average Bonchev–Trinajstić information content (AvgIpc) is 2.42. The highest BCUT2D eigenvalue weighted by Crippen LogP contribution is 2.39. The Kier molecular flexibility index (Phi) is 1.72. The Hall–Kier alpha value is -1.18. The molecule has 2 heteroatoms. The van der Waals surface area contributed by atoms with Crippen LogP contribution in [0.15, 0.2) is 18.2 Å². The van der Waals surface area contributed by atoms with Gasteiger partial charge in [0, 0.05) is 5.56 Å². The lowest BCUT2D eigenvalue weighted by Gasteiger charge is -2.13. The number of alkyl halides is 1. The zero-order valence-corrected chi connectivity index (χ0v) is 7.51. The van der Waals surface area contributed by atoms with Gasteiger partial charge in [0.25, 0.3) is 0 Å². The summed E-state index contributed by atoms with van der Waals surface area (Å²) < 4.78 is 13.8. The fourth-order valence-corrected chi connectivity index (χ4v) is 1.91. The van der Waals surface area contributed by atoms with Crippen molar-refractivity contribution in [2.24, 2.45) is 0 Å². The van der Waals surface area contributed by atoms with Gasteiger partial charge in [0.1, 0.15) is 12.0 Å². The second kappa shape index (κ2) is 2.66.